The lowest BCUT2D eigenvalue weighted by atomic mass is 9.95. The Morgan fingerprint density at radius 3 is 2.72 bits per heavy atom. The number of nitrogens with one attached hydrogen (secondary N) is 1. The highest BCUT2D eigenvalue weighted by molar-refractivity contribution is 7.14. The number of carbonyl (C=O) groups is 2. The highest BCUT2D eigenvalue weighted by Crippen LogP contribution is 2.26. The lowest BCUT2D eigenvalue weighted by Crippen LogP contribution is -2.43. The summed E-state index contributed by atoms with van der Waals surface area (Å²) in [6.45, 7) is 5.11. The molecule has 0 aromatic carbocycles. The fourth-order valence-corrected chi connectivity index (χ4v) is 3.64. The van der Waals surface area contributed by atoms with E-state index in [0.29, 0.717) is 31.1 Å². The molecule has 0 unspecified atom stereocenters. The number of amides is 2. The van der Waals surface area contributed by atoms with Gasteiger partial charge in [0.25, 0.3) is 0 Å². The van der Waals surface area contributed by atoms with Crippen LogP contribution in [0.15, 0.2) is 29.9 Å². The molecule has 1 N–H and O–H groups in total. The van der Waals surface area contributed by atoms with Crippen molar-refractivity contribution in [2.45, 2.75) is 26.7 Å². The summed E-state index contributed by atoms with van der Waals surface area (Å²) < 4.78 is 0. The highest BCUT2D eigenvalue weighted by atomic mass is 32.1. The molecule has 0 spiro atoms. The van der Waals surface area contributed by atoms with E-state index in [1.807, 2.05) is 36.3 Å². The molecular formula is C18H22N4O2S. The van der Waals surface area contributed by atoms with Crippen molar-refractivity contribution in [3.8, 4) is 11.3 Å². The first-order valence-electron chi connectivity index (χ1n) is 8.50. The smallest absolute Gasteiger partial charge is 0.229 e. The first kappa shape index (κ1) is 17.5. The molecule has 132 valence electrons. The van der Waals surface area contributed by atoms with Gasteiger partial charge in [-0.2, -0.15) is 0 Å². The van der Waals surface area contributed by atoms with Crippen LogP contribution in [0.4, 0.5) is 5.13 Å². The number of pyridine rings is 1. The summed E-state index contributed by atoms with van der Waals surface area (Å²) in [6.07, 6.45) is 4.87. The lowest BCUT2D eigenvalue weighted by Gasteiger charge is -2.32. The Kier molecular flexibility index (Phi) is 5.43. The molecule has 1 aliphatic heterocycles. The number of carbonyl (C=O) groups excluding carboxylic acids is 2. The van der Waals surface area contributed by atoms with Crippen molar-refractivity contribution in [3.05, 3.63) is 29.9 Å². The van der Waals surface area contributed by atoms with Gasteiger partial charge in [-0.3, -0.25) is 14.6 Å². The first-order chi connectivity index (χ1) is 12.0. The molecule has 0 bridgehead atoms. The first-order valence-corrected chi connectivity index (χ1v) is 9.38. The molecule has 0 atom stereocenters. The second-order valence-electron chi connectivity index (χ2n) is 6.52. The molecule has 1 aliphatic rings. The summed E-state index contributed by atoms with van der Waals surface area (Å²) >= 11 is 1.41. The molecule has 1 fully saturated rings. The van der Waals surface area contributed by atoms with Crippen molar-refractivity contribution < 1.29 is 9.59 Å². The number of hydrogen-bond donors (Lipinski definition) is 1. The van der Waals surface area contributed by atoms with Crippen molar-refractivity contribution in [2.75, 3.05) is 18.4 Å². The molecule has 2 amide bonds. The molecular weight excluding hydrogens is 336 g/mol. The van der Waals surface area contributed by atoms with Crippen LogP contribution in [0.1, 0.15) is 26.7 Å². The second kappa shape index (κ2) is 7.74. The number of likely N-dealkylation sites (tertiary alicyclic amines) is 1. The van der Waals surface area contributed by atoms with Crippen LogP contribution < -0.4 is 5.32 Å². The quantitative estimate of drug-likeness (QED) is 0.911. The molecule has 1 saturated heterocycles. The number of aromatic nitrogens is 2. The van der Waals surface area contributed by atoms with Crippen LogP contribution in [0.25, 0.3) is 11.3 Å². The minimum absolute atomic E-state index is 0.00610. The number of thiazole rings is 1. The standard InChI is InChI=1S/C18H22N4O2S/c1-12(2)17(24)22-8-5-13(6-9-22)16(23)21-18-20-15(11-25-18)14-4-3-7-19-10-14/h3-4,7,10-13H,5-6,8-9H2,1-2H3,(H,20,21,23). The molecule has 3 rings (SSSR count). The summed E-state index contributed by atoms with van der Waals surface area (Å²) in [5.74, 6) is 0.0946. The molecule has 0 radical (unpaired) electrons. The summed E-state index contributed by atoms with van der Waals surface area (Å²) in [5.41, 5.74) is 1.74. The lowest BCUT2D eigenvalue weighted by molar-refractivity contribution is -0.137. The van der Waals surface area contributed by atoms with E-state index in [1.165, 1.54) is 11.3 Å². The SMILES string of the molecule is CC(C)C(=O)N1CCC(C(=O)Nc2nc(-c3cccnc3)cs2)CC1. The minimum Gasteiger partial charge on any atom is -0.342 e. The Bertz CT molecular complexity index is 737. The highest BCUT2D eigenvalue weighted by Gasteiger charge is 2.28. The van der Waals surface area contributed by atoms with Gasteiger partial charge in [0, 0.05) is 48.3 Å². The van der Waals surface area contributed by atoms with Crippen LogP contribution in [0.3, 0.4) is 0 Å². The predicted octanol–water partition coefficient (Wildman–Crippen LogP) is 3.04. The van der Waals surface area contributed by atoms with Crippen LogP contribution in [-0.4, -0.2) is 39.8 Å². The van der Waals surface area contributed by atoms with E-state index in [0.717, 1.165) is 11.3 Å². The van der Waals surface area contributed by atoms with Crippen LogP contribution in [0.2, 0.25) is 0 Å². The van der Waals surface area contributed by atoms with E-state index < -0.39 is 0 Å². The second-order valence-corrected chi connectivity index (χ2v) is 7.38. The van der Waals surface area contributed by atoms with Crippen molar-refractivity contribution in [1.29, 1.82) is 0 Å². The van der Waals surface area contributed by atoms with Gasteiger partial charge in [-0.25, -0.2) is 4.98 Å². The van der Waals surface area contributed by atoms with Gasteiger partial charge in [-0.15, -0.1) is 11.3 Å². The molecule has 7 heteroatoms. The predicted molar refractivity (Wildman–Crippen MR) is 98.1 cm³/mol. The average Bonchev–Trinajstić information content (AvgIpc) is 3.10. The Morgan fingerprint density at radius 1 is 1.32 bits per heavy atom. The van der Waals surface area contributed by atoms with Crippen LogP contribution >= 0.6 is 11.3 Å². The zero-order valence-corrected chi connectivity index (χ0v) is 15.3. The largest absolute Gasteiger partial charge is 0.342 e. The fourth-order valence-electron chi connectivity index (χ4n) is 2.91. The summed E-state index contributed by atoms with van der Waals surface area (Å²) in [5, 5.41) is 5.43. The van der Waals surface area contributed by atoms with E-state index in [1.54, 1.807) is 12.4 Å². The van der Waals surface area contributed by atoms with Crippen molar-refractivity contribution in [3.63, 3.8) is 0 Å². The number of anilines is 1. The van der Waals surface area contributed by atoms with E-state index in [9.17, 15) is 9.59 Å². The number of piperidine rings is 1. The molecule has 0 aliphatic carbocycles. The van der Waals surface area contributed by atoms with Crippen molar-refractivity contribution >= 4 is 28.3 Å². The van der Waals surface area contributed by atoms with E-state index in [2.05, 4.69) is 15.3 Å². The van der Waals surface area contributed by atoms with Gasteiger partial charge in [0.1, 0.15) is 0 Å². The van der Waals surface area contributed by atoms with Gasteiger partial charge < -0.3 is 10.2 Å². The number of rotatable bonds is 4. The summed E-state index contributed by atoms with van der Waals surface area (Å²) in [4.78, 5) is 34.9. The van der Waals surface area contributed by atoms with E-state index >= 15 is 0 Å². The molecule has 2 aromatic heterocycles. The van der Waals surface area contributed by atoms with Gasteiger partial charge in [0.15, 0.2) is 5.13 Å². The maximum absolute atomic E-state index is 12.5. The van der Waals surface area contributed by atoms with E-state index in [4.69, 9.17) is 0 Å². The van der Waals surface area contributed by atoms with Crippen molar-refractivity contribution in [1.82, 2.24) is 14.9 Å². The molecule has 3 heterocycles. The van der Waals surface area contributed by atoms with Gasteiger partial charge >= 0.3 is 0 Å². The zero-order chi connectivity index (χ0) is 17.8. The Balaban J connectivity index is 1.55. The maximum Gasteiger partial charge on any atom is 0.229 e. The Labute approximate surface area is 151 Å². The monoisotopic (exact) mass is 358 g/mol. The minimum atomic E-state index is -0.0676. The Hall–Kier alpha value is -2.28. The third-order valence-corrected chi connectivity index (χ3v) is 5.12. The zero-order valence-electron chi connectivity index (χ0n) is 14.4. The third-order valence-electron chi connectivity index (χ3n) is 4.36. The van der Waals surface area contributed by atoms with Gasteiger partial charge in [0.2, 0.25) is 11.8 Å². The van der Waals surface area contributed by atoms with Crippen LogP contribution in [0.5, 0.6) is 0 Å². The fraction of sp³-hybridized carbons (Fsp3) is 0.444. The van der Waals surface area contributed by atoms with Crippen LogP contribution in [0, 0.1) is 11.8 Å². The average molecular weight is 358 g/mol. The van der Waals surface area contributed by atoms with Gasteiger partial charge in [-0.05, 0) is 25.0 Å². The van der Waals surface area contributed by atoms with E-state index in [-0.39, 0.29) is 23.7 Å². The molecule has 25 heavy (non-hydrogen) atoms. The third kappa shape index (κ3) is 4.22. The molecule has 6 nitrogen and oxygen atoms in total. The molecule has 2 aromatic rings. The van der Waals surface area contributed by atoms with Gasteiger partial charge in [0.05, 0.1) is 5.69 Å². The number of nitrogens with zero attached hydrogens (tertiary/aromatic N) is 3. The number of hydrogen-bond acceptors (Lipinski definition) is 5. The maximum atomic E-state index is 12.5. The van der Waals surface area contributed by atoms with Crippen LogP contribution in [-0.2, 0) is 9.59 Å². The summed E-state index contributed by atoms with van der Waals surface area (Å²) in [7, 11) is 0. The normalized spacial score (nSPS) is 15.4. The Morgan fingerprint density at radius 2 is 2.08 bits per heavy atom. The molecule has 0 saturated carbocycles. The summed E-state index contributed by atoms with van der Waals surface area (Å²) in [6, 6.07) is 3.80. The van der Waals surface area contributed by atoms with Gasteiger partial charge in [-0.1, -0.05) is 13.8 Å². The topological polar surface area (TPSA) is 75.2 Å². The van der Waals surface area contributed by atoms with Crippen molar-refractivity contribution in [2.24, 2.45) is 11.8 Å².